The lowest BCUT2D eigenvalue weighted by Crippen LogP contribution is -2.18. The molecule has 1 saturated carbocycles. The zero-order valence-corrected chi connectivity index (χ0v) is 10.4. The number of hydrogen-bond donors (Lipinski definition) is 1. The fourth-order valence-electron chi connectivity index (χ4n) is 2.03. The third-order valence-corrected chi connectivity index (χ3v) is 3.95. The van der Waals surface area contributed by atoms with Crippen molar-refractivity contribution in [2.45, 2.75) is 31.5 Å². The summed E-state index contributed by atoms with van der Waals surface area (Å²) in [6, 6.07) is 3.92. The van der Waals surface area contributed by atoms with Gasteiger partial charge in [0.2, 0.25) is 0 Å². The summed E-state index contributed by atoms with van der Waals surface area (Å²) >= 11 is 3.53. The number of benzene rings is 1. The van der Waals surface area contributed by atoms with Crippen LogP contribution in [0.15, 0.2) is 16.6 Å². The van der Waals surface area contributed by atoms with Gasteiger partial charge in [-0.3, -0.25) is 0 Å². The fourth-order valence-corrected chi connectivity index (χ4v) is 2.54. The van der Waals surface area contributed by atoms with Crippen LogP contribution in [0.5, 0.6) is 5.75 Å². The standard InChI is InChI=1S/C12H13BrO3/c13-10-1-2-11-9(6-15-7-16-11)8(10)5-12(14)3-4-12/h1-2,14H,3-7H2. The zero-order chi connectivity index (χ0) is 11.2. The van der Waals surface area contributed by atoms with E-state index in [1.807, 2.05) is 12.1 Å². The molecule has 0 unspecified atom stereocenters. The molecule has 1 heterocycles. The summed E-state index contributed by atoms with van der Waals surface area (Å²) in [5, 5.41) is 10.0. The van der Waals surface area contributed by atoms with Crippen molar-refractivity contribution in [1.82, 2.24) is 0 Å². The predicted molar refractivity (Wildman–Crippen MR) is 62.3 cm³/mol. The average Bonchev–Trinajstić information content (AvgIpc) is 3.01. The van der Waals surface area contributed by atoms with E-state index in [0.717, 1.165) is 34.2 Å². The van der Waals surface area contributed by atoms with Crippen LogP contribution in [0.4, 0.5) is 0 Å². The molecule has 0 atom stereocenters. The van der Waals surface area contributed by atoms with Crippen LogP contribution >= 0.6 is 15.9 Å². The SMILES string of the molecule is OC1(Cc2c(Br)ccc3c2COCO3)CC1. The largest absolute Gasteiger partial charge is 0.467 e. The van der Waals surface area contributed by atoms with Crippen LogP contribution in [0, 0.1) is 0 Å². The van der Waals surface area contributed by atoms with E-state index >= 15 is 0 Å². The van der Waals surface area contributed by atoms with E-state index in [1.165, 1.54) is 0 Å². The molecule has 0 bridgehead atoms. The first-order chi connectivity index (χ1) is 7.68. The van der Waals surface area contributed by atoms with Crippen LogP contribution in [-0.4, -0.2) is 17.5 Å². The summed E-state index contributed by atoms with van der Waals surface area (Å²) in [6.45, 7) is 0.887. The summed E-state index contributed by atoms with van der Waals surface area (Å²) in [4.78, 5) is 0. The van der Waals surface area contributed by atoms with Gasteiger partial charge in [-0.1, -0.05) is 15.9 Å². The molecule has 86 valence electrons. The zero-order valence-electron chi connectivity index (χ0n) is 8.83. The third kappa shape index (κ3) is 1.85. The number of rotatable bonds is 2. The van der Waals surface area contributed by atoms with E-state index in [1.54, 1.807) is 0 Å². The number of ether oxygens (including phenoxy) is 2. The average molecular weight is 285 g/mol. The molecule has 1 fully saturated rings. The first-order valence-corrected chi connectivity index (χ1v) is 6.20. The van der Waals surface area contributed by atoms with Gasteiger partial charge >= 0.3 is 0 Å². The van der Waals surface area contributed by atoms with Crippen LogP contribution < -0.4 is 4.74 Å². The topological polar surface area (TPSA) is 38.7 Å². The molecule has 1 N–H and O–H groups in total. The second kappa shape index (κ2) is 3.72. The minimum atomic E-state index is -0.491. The van der Waals surface area contributed by atoms with Gasteiger partial charge in [0.25, 0.3) is 0 Å². The molecular formula is C12H13BrO3. The quantitative estimate of drug-likeness (QED) is 0.906. The Bertz CT molecular complexity index is 427. The van der Waals surface area contributed by atoms with Crippen molar-refractivity contribution in [3.63, 3.8) is 0 Å². The van der Waals surface area contributed by atoms with Crippen molar-refractivity contribution >= 4 is 15.9 Å². The molecule has 1 aromatic carbocycles. The van der Waals surface area contributed by atoms with Gasteiger partial charge in [-0.25, -0.2) is 0 Å². The Morgan fingerprint density at radius 2 is 2.19 bits per heavy atom. The van der Waals surface area contributed by atoms with Gasteiger partial charge < -0.3 is 14.6 Å². The summed E-state index contributed by atoms with van der Waals surface area (Å²) in [5.41, 5.74) is 1.70. The normalized spacial score (nSPS) is 21.1. The summed E-state index contributed by atoms with van der Waals surface area (Å²) in [6.07, 6.45) is 2.47. The molecule has 16 heavy (non-hydrogen) atoms. The highest BCUT2D eigenvalue weighted by Crippen LogP contribution is 2.42. The smallest absolute Gasteiger partial charge is 0.189 e. The van der Waals surface area contributed by atoms with Crippen molar-refractivity contribution in [1.29, 1.82) is 0 Å². The highest BCUT2D eigenvalue weighted by molar-refractivity contribution is 9.10. The van der Waals surface area contributed by atoms with Gasteiger partial charge in [-0.05, 0) is 30.5 Å². The van der Waals surface area contributed by atoms with Crippen molar-refractivity contribution in [2.24, 2.45) is 0 Å². The van der Waals surface area contributed by atoms with Gasteiger partial charge in [0.05, 0.1) is 12.2 Å². The van der Waals surface area contributed by atoms with Gasteiger partial charge in [-0.2, -0.15) is 0 Å². The first-order valence-electron chi connectivity index (χ1n) is 5.41. The number of aliphatic hydroxyl groups is 1. The maximum Gasteiger partial charge on any atom is 0.189 e. The molecule has 0 saturated heterocycles. The highest BCUT2D eigenvalue weighted by Gasteiger charge is 2.41. The van der Waals surface area contributed by atoms with Crippen molar-refractivity contribution in [2.75, 3.05) is 6.79 Å². The molecule has 0 aromatic heterocycles. The monoisotopic (exact) mass is 284 g/mol. The molecule has 1 aliphatic heterocycles. The lowest BCUT2D eigenvalue weighted by Gasteiger charge is -2.22. The van der Waals surface area contributed by atoms with Gasteiger partial charge in [0.15, 0.2) is 6.79 Å². The van der Waals surface area contributed by atoms with Crippen LogP contribution in [0.2, 0.25) is 0 Å². The van der Waals surface area contributed by atoms with Crippen LogP contribution in [0.3, 0.4) is 0 Å². The molecule has 0 radical (unpaired) electrons. The number of hydrogen-bond acceptors (Lipinski definition) is 3. The van der Waals surface area contributed by atoms with E-state index < -0.39 is 5.60 Å². The van der Waals surface area contributed by atoms with E-state index in [-0.39, 0.29) is 0 Å². The number of fused-ring (bicyclic) bond motifs is 1. The minimum Gasteiger partial charge on any atom is -0.467 e. The van der Waals surface area contributed by atoms with E-state index in [4.69, 9.17) is 9.47 Å². The lowest BCUT2D eigenvalue weighted by atomic mass is 9.99. The van der Waals surface area contributed by atoms with Crippen LogP contribution in [0.1, 0.15) is 24.0 Å². The van der Waals surface area contributed by atoms with Crippen molar-refractivity contribution in [3.8, 4) is 5.75 Å². The van der Waals surface area contributed by atoms with E-state index in [0.29, 0.717) is 19.8 Å². The third-order valence-electron chi connectivity index (χ3n) is 3.21. The molecular weight excluding hydrogens is 272 g/mol. The molecule has 2 aliphatic rings. The number of halogens is 1. The van der Waals surface area contributed by atoms with Gasteiger partial charge in [0.1, 0.15) is 5.75 Å². The Labute approximate surface area is 102 Å². The van der Waals surface area contributed by atoms with Crippen LogP contribution in [0.25, 0.3) is 0 Å². The van der Waals surface area contributed by atoms with Gasteiger partial charge in [-0.15, -0.1) is 0 Å². The molecule has 4 heteroatoms. The second-order valence-corrected chi connectivity index (χ2v) is 5.37. The molecule has 1 aromatic rings. The molecule has 0 spiro atoms. The van der Waals surface area contributed by atoms with E-state index in [2.05, 4.69) is 15.9 Å². The predicted octanol–water partition coefficient (Wildman–Crippen LogP) is 2.38. The molecule has 3 nitrogen and oxygen atoms in total. The Morgan fingerprint density at radius 1 is 1.38 bits per heavy atom. The lowest BCUT2D eigenvalue weighted by molar-refractivity contribution is -0.0171. The van der Waals surface area contributed by atoms with Crippen molar-refractivity contribution < 1.29 is 14.6 Å². The maximum absolute atomic E-state index is 10.0. The Kier molecular flexibility index (Phi) is 2.46. The fraction of sp³-hybridized carbons (Fsp3) is 0.500. The van der Waals surface area contributed by atoms with Gasteiger partial charge in [0, 0.05) is 16.5 Å². The summed E-state index contributed by atoms with van der Waals surface area (Å²) in [5.74, 6) is 0.883. The van der Waals surface area contributed by atoms with E-state index in [9.17, 15) is 5.11 Å². The van der Waals surface area contributed by atoms with Crippen molar-refractivity contribution in [3.05, 3.63) is 27.7 Å². The molecule has 1 aliphatic carbocycles. The Morgan fingerprint density at radius 3 is 2.94 bits per heavy atom. The maximum atomic E-state index is 10.0. The first kappa shape index (κ1) is 10.6. The highest BCUT2D eigenvalue weighted by atomic mass is 79.9. The Balaban J connectivity index is 2.00. The summed E-state index contributed by atoms with van der Waals surface area (Å²) in [7, 11) is 0. The molecule has 0 amide bonds. The Hall–Kier alpha value is -0.580. The minimum absolute atomic E-state index is 0.318. The summed E-state index contributed by atoms with van der Waals surface area (Å²) < 4.78 is 11.8. The van der Waals surface area contributed by atoms with Crippen LogP contribution in [-0.2, 0) is 17.8 Å². The molecule has 3 rings (SSSR count). The second-order valence-electron chi connectivity index (χ2n) is 4.51.